The molecular weight excluding hydrogens is 458 g/mol. The number of nitrogens with one attached hydrogen (secondary N) is 1. The lowest BCUT2D eigenvalue weighted by Crippen LogP contribution is -2.51. The van der Waals surface area contributed by atoms with Gasteiger partial charge in [-0.25, -0.2) is 13.2 Å². The normalized spacial score (nSPS) is 21.2. The Bertz CT molecular complexity index is 1040. The van der Waals surface area contributed by atoms with E-state index in [1.165, 1.54) is 21.3 Å². The molecule has 190 valence electrons. The van der Waals surface area contributed by atoms with E-state index in [0.29, 0.717) is 5.56 Å². The Labute approximate surface area is 203 Å². The molecule has 1 aliphatic rings. The highest BCUT2D eigenvalue weighted by Crippen LogP contribution is 2.34. The lowest BCUT2D eigenvalue weighted by atomic mass is 10.0. The van der Waals surface area contributed by atoms with E-state index in [-0.39, 0.29) is 48.3 Å². The molecule has 2 amide bonds. The van der Waals surface area contributed by atoms with Crippen LogP contribution in [0.3, 0.4) is 0 Å². The lowest BCUT2D eigenvalue weighted by molar-refractivity contribution is 0.0809. The van der Waals surface area contributed by atoms with Gasteiger partial charge in [0.15, 0.2) is 0 Å². The fraction of sp³-hybridized carbons (Fsp3) is 0.625. The number of hydrogen-bond donors (Lipinski definition) is 3. The number of rotatable bonds is 5. The first-order chi connectivity index (χ1) is 15.7. The molecule has 0 unspecified atom stereocenters. The van der Waals surface area contributed by atoms with E-state index in [9.17, 15) is 23.4 Å². The number of aliphatic hydroxyl groups is 2. The number of sulfonamides is 1. The average Bonchev–Trinajstić information content (AvgIpc) is 2.73. The van der Waals surface area contributed by atoms with Crippen molar-refractivity contribution in [3.63, 3.8) is 0 Å². The fourth-order valence-corrected chi connectivity index (χ4v) is 5.28. The van der Waals surface area contributed by atoms with Crippen molar-refractivity contribution in [1.82, 2.24) is 14.5 Å². The van der Waals surface area contributed by atoms with Crippen molar-refractivity contribution in [1.29, 1.82) is 0 Å². The number of ether oxygens (including phenoxy) is 1. The smallest absolute Gasteiger partial charge is 0.317 e. The van der Waals surface area contributed by atoms with Gasteiger partial charge in [-0.1, -0.05) is 18.8 Å². The van der Waals surface area contributed by atoms with E-state index in [1.807, 2.05) is 20.8 Å². The molecule has 3 atom stereocenters. The highest BCUT2D eigenvalue weighted by molar-refractivity contribution is 7.89. The van der Waals surface area contributed by atoms with Gasteiger partial charge in [0, 0.05) is 37.2 Å². The Balaban J connectivity index is 2.55. The van der Waals surface area contributed by atoms with Crippen LogP contribution in [0.5, 0.6) is 5.75 Å². The average molecular weight is 496 g/mol. The first-order valence-electron chi connectivity index (χ1n) is 11.4. The summed E-state index contributed by atoms with van der Waals surface area (Å²) in [5.41, 5.74) is -0.732. The number of aliphatic hydroxyl groups excluding tert-OH is 1. The SMILES string of the molecule is CC(C)NC(=O)N(C)C[C@@H]1Oc2cc(C#CC(C)(C)O)ccc2S(=O)(=O)N([C@H](C)CO)C[C@@H]1C. The van der Waals surface area contributed by atoms with Crippen molar-refractivity contribution >= 4 is 16.1 Å². The summed E-state index contributed by atoms with van der Waals surface area (Å²) in [5.74, 6) is 5.38. The topological polar surface area (TPSA) is 119 Å². The van der Waals surface area contributed by atoms with Crippen molar-refractivity contribution in [2.75, 3.05) is 26.7 Å². The van der Waals surface area contributed by atoms with E-state index in [4.69, 9.17) is 4.74 Å². The number of carbonyl (C=O) groups is 1. The summed E-state index contributed by atoms with van der Waals surface area (Å²) in [6.45, 7) is 10.4. The first kappa shape index (κ1) is 27.9. The third-order valence-electron chi connectivity index (χ3n) is 5.39. The minimum atomic E-state index is -3.97. The number of nitrogens with zero attached hydrogens (tertiary/aromatic N) is 2. The zero-order valence-corrected chi connectivity index (χ0v) is 21.8. The van der Waals surface area contributed by atoms with Gasteiger partial charge in [0.05, 0.1) is 13.2 Å². The molecule has 0 aromatic heterocycles. The van der Waals surface area contributed by atoms with Gasteiger partial charge in [-0.3, -0.25) is 0 Å². The van der Waals surface area contributed by atoms with Crippen LogP contribution in [0.15, 0.2) is 23.1 Å². The highest BCUT2D eigenvalue weighted by Gasteiger charge is 2.38. The largest absolute Gasteiger partial charge is 0.487 e. The maximum atomic E-state index is 13.5. The number of carbonyl (C=O) groups excluding carboxylic acids is 1. The summed E-state index contributed by atoms with van der Waals surface area (Å²) in [6.07, 6.45) is -0.525. The van der Waals surface area contributed by atoms with Gasteiger partial charge in [0.1, 0.15) is 22.4 Å². The van der Waals surface area contributed by atoms with E-state index in [0.717, 1.165) is 0 Å². The first-order valence-corrected chi connectivity index (χ1v) is 12.8. The molecule has 1 aliphatic heterocycles. The molecule has 1 aromatic carbocycles. The summed E-state index contributed by atoms with van der Waals surface area (Å²) in [4.78, 5) is 13.9. The number of amides is 2. The van der Waals surface area contributed by atoms with Crippen LogP contribution < -0.4 is 10.1 Å². The predicted molar refractivity (Wildman–Crippen MR) is 130 cm³/mol. The Kier molecular flexibility index (Phi) is 8.99. The molecule has 0 saturated carbocycles. The van der Waals surface area contributed by atoms with Gasteiger partial charge in [-0.2, -0.15) is 4.31 Å². The third kappa shape index (κ3) is 7.09. The number of urea groups is 1. The lowest BCUT2D eigenvalue weighted by Gasteiger charge is -2.37. The zero-order valence-electron chi connectivity index (χ0n) is 21.0. The second kappa shape index (κ2) is 11.0. The Hall–Kier alpha value is -2.32. The second-order valence-electron chi connectivity index (χ2n) is 9.70. The van der Waals surface area contributed by atoms with Crippen LogP contribution in [0.2, 0.25) is 0 Å². The highest BCUT2D eigenvalue weighted by atomic mass is 32.2. The van der Waals surface area contributed by atoms with Gasteiger partial charge in [-0.15, -0.1) is 0 Å². The predicted octanol–water partition coefficient (Wildman–Crippen LogP) is 1.63. The molecule has 0 saturated heterocycles. The third-order valence-corrected chi connectivity index (χ3v) is 7.41. The number of benzene rings is 1. The minimum Gasteiger partial charge on any atom is -0.487 e. The summed E-state index contributed by atoms with van der Waals surface area (Å²) in [5, 5.41) is 22.5. The molecule has 1 aromatic rings. The van der Waals surface area contributed by atoms with Gasteiger partial charge in [-0.05, 0) is 52.8 Å². The minimum absolute atomic E-state index is 0.0331. The van der Waals surface area contributed by atoms with E-state index in [2.05, 4.69) is 17.2 Å². The molecular formula is C24H37N3O6S. The quantitative estimate of drug-likeness (QED) is 0.534. The summed E-state index contributed by atoms with van der Waals surface area (Å²) in [6, 6.07) is 3.59. The molecule has 9 nitrogen and oxygen atoms in total. The monoisotopic (exact) mass is 495 g/mol. The Morgan fingerprint density at radius 3 is 2.56 bits per heavy atom. The van der Waals surface area contributed by atoms with Gasteiger partial charge >= 0.3 is 6.03 Å². The van der Waals surface area contributed by atoms with Crippen LogP contribution in [0.4, 0.5) is 4.79 Å². The van der Waals surface area contributed by atoms with E-state index in [1.54, 1.807) is 33.9 Å². The molecule has 0 fully saturated rings. The van der Waals surface area contributed by atoms with E-state index >= 15 is 0 Å². The van der Waals surface area contributed by atoms with Crippen LogP contribution in [0.1, 0.15) is 47.1 Å². The second-order valence-corrected chi connectivity index (χ2v) is 11.6. The maximum absolute atomic E-state index is 13.5. The number of fused-ring (bicyclic) bond motifs is 1. The van der Waals surface area contributed by atoms with Crippen molar-refractivity contribution < 1.29 is 28.2 Å². The van der Waals surface area contributed by atoms with Crippen molar-refractivity contribution in [2.45, 2.75) is 70.2 Å². The maximum Gasteiger partial charge on any atom is 0.317 e. The number of likely N-dealkylation sites (N-methyl/N-ethyl adjacent to an activating group) is 1. The van der Waals surface area contributed by atoms with Gasteiger partial charge in [0.2, 0.25) is 10.0 Å². The van der Waals surface area contributed by atoms with Gasteiger partial charge in [0.25, 0.3) is 0 Å². The van der Waals surface area contributed by atoms with Crippen LogP contribution in [0, 0.1) is 17.8 Å². The molecule has 0 radical (unpaired) electrons. The van der Waals surface area contributed by atoms with Crippen LogP contribution in [-0.4, -0.2) is 84.4 Å². The van der Waals surface area contributed by atoms with Crippen LogP contribution in [-0.2, 0) is 10.0 Å². The van der Waals surface area contributed by atoms with Crippen molar-refractivity contribution in [2.24, 2.45) is 5.92 Å². The zero-order chi connectivity index (χ0) is 25.8. The summed E-state index contributed by atoms with van der Waals surface area (Å²) in [7, 11) is -2.32. The van der Waals surface area contributed by atoms with Crippen molar-refractivity contribution in [3.8, 4) is 17.6 Å². The molecule has 0 aliphatic carbocycles. The molecule has 34 heavy (non-hydrogen) atoms. The molecule has 10 heteroatoms. The van der Waals surface area contributed by atoms with Gasteiger partial charge < -0.3 is 25.2 Å². The molecule has 3 N–H and O–H groups in total. The Morgan fingerprint density at radius 2 is 2.00 bits per heavy atom. The Morgan fingerprint density at radius 1 is 1.35 bits per heavy atom. The summed E-state index contributed by atoms with van der Waals surface area (Å²) >= 11 is 0. The number of hydrogen-bond acceptors (Lipinski definition) is 6. The van der Waals surface area contributed by atoms with E-state index < -0.39 is 27.8 Å². The molecule has 2 rings (SSSR count). The summed E-state index contributed by atoms with van der Waals surface area (Å²) < 4.78 is 34.5. The van der Waals surface area contributed by atoms with Crippen LogP contribution >= 0.6 is 0 Å². The molecule has 0 spiro atoms. The standard InChI is InChI=1S/C24H37N3O6S/c1-16(2)25-23(29)26(7)14-21-17(3)13-27(18(4)15-28)34(31,32)22-9-8-19(12-20(22)33-21)10-11-24(5,6)30/h8-9,12,16-18,21,28,30H,13-15H2,1-7H3,(H,25,29)/t17-,18+,21-/m0/s1. The van der Waals surface area contributed by atoms with Crippen molar-refractivity contribution in [3.05, 3.63) is 23.8 Å². The molecule has 0 bridgehead atoms. The fourth-order valence-electron chi connectivity index (χ4n) is 3.46. The molecule has 1 heterocycles. The van der Waals surface area contributed by atoms with Crippen LogP contribution in [0.25, 0.3) is 0 Å².